The minimum absolute atomic E-state index is 0.0104. The minimum Gasteiger partial charge on any atom is -0.420 e. The largest absolute Gasteiger partial charge is 0.420 e. The van der Waals surface area contributed by atoms with E-state index in [0.29, 0.717) is 44.3 Å². The van der Waals surface area contributed by atoms with E-state index < -0.39 is 0 Å². The second kappa shape index (κ2) is 7.65. The third-order valence-electron chi connectivity index (χ3n) is 4.90. The molecule has 0 saturated carbocycles. The first-order chi connectivity index (χ1) is 13.1. The number of piperazine rings is 1. The average Bonchev–Trinajstić information content (AvgIpc) is 3.37. The number of aromatic nitrogens is 2. The van der Waals surface area contributed by atoms with Crippen molar-refractivity contribution in [3.63, 3.8) is 0 Å². The number of carbonyl (C=O) groups is 2. The smallest absolute Gasteiger partial charge is 0.315 e. The summed E-state index contributed by atoms with van der Waals surface area (Å²) in [6.07, 6.45) is 1.16. The van der Waals surface area contributed by atoms with Crippen LogP contribution in [0.5, 0.6) is 0 Å². The maximum absolute atomic E-state index is 12.3. The van der Waals surface area contributed by atoms with Crippen molar-refractivity contribution < 1.29 is 14.0 Å². The molecule has 4 heterocycles. The van der Waals surface area contributed by atoms with E-state index in [-0.39, 0.29) is 30.1 Å². The van der Waals surface area contributed by atoms with Crippen LogP contribution < -0.4 is 16.0 Å². The van der Waals surface area contributed by atoms with Gasteiger partial charge in [0, 0.05) is 38.1 Å². The Morgan fingerprint density at radius 1 is 1.48 bits per heavy atom. The molecule has 0 aliphatic carbocycles. The highest BCUT2D eigenvalue weighted by atomic mass is 32.1. The Kier molecular flexibility index (Phi) is 5.08. The van der Waals surface area contributed by atoms with Crippen LogP contribution in [0.2, 0.25) is 0 Å². The van der Waals surface area contributed by atoms with Gasteiger partial charge in [0.05, 0.1) is 10.9 Å². The number of fused-ring (bicyclic) bond motifs is 1. The second-order valence-corrected chi connectivity index (χ2v) is 7.68. The molecule has 3 N–H and O–H groups in total. The Labute approximate surface area is 160 Å². The number of amides is 3. The lowest BCUT2D eigenvalue weighted by molar-refractivity contribution is -0.129. The van der Waals surface area contributed by atoms with Gasteiger partial charge >= 0.3 is 6.03 Å². The van der Waals surface area contributed by atoms with Crippen LogP contribution in [0.25, 0.3) is 10.8 Å². The summed E-state index contributed by atoms with van der Waals surface area (Å²) in [5.74, 6) is 1.09. The van der Waals surface area contributed by atoms with Crippen LogP contribution in [0.4, 0.5) is 4.79 Å². The van der Waals surface area contributed by atoms with E-state index in [2.05, 4.69) is 31.0 Å². The van der Waals surface area contributed by atoms with E-state index in [1.54, 1.807) is 11.3 Å². The summed E-state index contributed by atoms with van der Waals surface area (Å²) < 4.78 is 5.80. The van der Waals surface area contributed by atoms with Gasteiger partial charge in [-0.1, -0.05) is 6.07 Å². The molecule has 2 aromatic heterocycles. The lowest BCUT2D eigenvalue weighted by atomic mass is 10.1. The Morgan fingerprint density at radius 2 is 2.37 bits per heavy atom. The van der Waals surface area contributed by atoms with Gasteiger partial charge < -0.3 is 20.4 Å². The van der Waals surface area contributed by atoms with Crippen molar-refractivity contribution in [1.82, 2.24) is 31.0 Å². The van der Waals surface area contributed by atoms with E-state index in [1.165, 1.54) is 0 Å². The van der Waals surface area contributed by atoms with Crippen molar-refractivity contribution >= 4 is 23.3 Å². The van der Waals surface area contributed by atoms with Gasteiger partial charge in [-0.05, 0) is 24.8 Å². The summed E-state index contributed by atoms with van der Waals surface area (Å²) >= 11 is 1.55. The highest BCUT2D eigenvalue weighted by Gasteiger charge is 2.44. The first kappa shape index (κ1) is 17.9. The Hall–Kier alpha value is -2.46. The Balaban J connectivity index is 1.43. The van der Waals surface area contributed by atoms with Crippen LogP contribution in [0.15, 0.2) is 21.9 Å². The first-order valence-corrected chi connectivity index (χ1v) is 9.96. The highest BCUT2D eigenvalue weighted by molar-refractivity contribution is 7.13. The molecule has 2 fully saturated rings. The first-order valence-electron chi connectivity index (χ1n) is 9.08. The summed E-state index contributed by atoms with van der Waals surface area (Å²) in [5.41, 5.74) is 0. The van der Waals surface area contributed by atoms with Gasteiger partial charge in [0.1, 0.15) is 0 Å². The summed E-state index contributed by atoms with van der Waals surface area (Å²) in [7, 11) is 0. The molecular formula is C17H22N6O3S. The van der Waals surface area contributed by atoms with Gasteiger partial charge in [0.2, 0.25) is 11.8 Å². The average molecular weight is 390 g/mol. The van der Waals surface area contributed by atoms with Crippen LogP contribution in [0.1, 0.15) is 19.2 Å². The number of urea groups is 1. The SMILES string of the molecule is CCNC(=O)N[C@H]1C[C@H]2C(=O)NC[C@@H](Cc3nnc(-c4cccs4)o3)N2C1. The molecule has 9 nitrogen and oxygen atoms in total. The van der Waals surface area contributed by atoms with E-state index >= 15 is 0 Å². The van der Waals surface area contributed by atoms with Gasteiger partial charge in [-0.15, -0.1) is 21.5 Å². The maximum atomic E-state index is 12.3. The topological polar surface area (TPSA) is 112 Å². The fourth-order valence-electron chi connectivity index (χ4n) is 3.70. The van der Waals surface area contributed by atoms with E-state index in [0.717, 1.165) is 4.88 Å². The van der Waals surface area contributed by atoms with Crippen molar-refractivity contribution in [3.05, 3.63) is 23.4 Å². The maximum Gasteiger partial charge on any atom is 0.315 e. The molecule has 0 bridgehead atoms. The Morgan fingerprint density at radius 3 is 3.15 bits per heavy atom. The van der Waals surface area contributed by atoms with E-state index in [4.69, 9.17) is 4.42 Å². The van der Waals surface area contributed by atoms with Crippen LogP contribution in [-0.4, -0.2) is 64.8 Å². The van der Waals surface area contributed by atoms with Crippen molar-refractivity contribution in [2.75, 3.05) is 19.6 Å². The summed E-state index contributed by atoms with van der Waals surface area (Å²) in [6, 6.07) is 3.45. The number of carbonyl (C=O) groups excluding carboxylic acids is 2. The fourth-order valence-corrected chi connectivity index (χ4v) is 4.35. The number of hydrogen-bond donors (Lipinski definition) is 3. The zero-order valence-electron chi connectivity index (χ0n) is 15.0. The zero-order valence-corrected chi connectivity index (χ0v) is 15.8. The number of thiophene rings is 1. The summed E-state index contributed by atoms with van der Waals surface area (Å²) in [4.78, 5) is 27.1. The molecule has 0 unspecified atom stereocenters. The Bertz CT molecular complexity index is 807. The van der Waals surface area contributed by atoms with Gasteiger partial charge in [0.15, 0.2) is 0 Å². The van der Waals surface area contributed by atoms with Crippen LogP contribution in [0.3, 0.4) is 0 Å². The number of hydrogen-bond acceptors (Lipinski definition) is 7. The van der Waals surface area contributed by atoms with Gasteiger partial charge in [-0.2, -0.15) is 0 Å². The van der Waals surface area contributed by atoms with Crippen molar-refractivity contribution in [2.24, 2.45) is 0 Å². The van der Waals surface area contributed by atoms with Crippen LogP contribution in [0, 0.1) is 0 Å². The zero-order chi connectivity index (χ0) is 18.8. The summed E-state index contributed by atoms with van der Waals surface area (Å²) in [6.45, 7) is 3.60. The molecule has 0 spiro atoms. The molecule has 3 atom stereocenters. The van der Waals surface area contributed by atoms with Crippen LogP contribution in [-0.2, 0) is 11.2 Å². The van der Waals surface area contributed by atoms with Crippen LogP contribution >= 0.6 is 11.3 Å². The molecule has 0 radical (unpaired) electrons. The van der Waals surface area contributed by atoms with Gasteiger partial charge in [0.25, 0.3) is 5.89 Å². The van der Waals surface area contributed by atoms with E-state index in [9.17, 15) is 9.59 Å². The quantitative estimate of drug-likeness (QED) is 0.689. The van der Waals surface area contributed by atoms with Gasteiger partial charge in [-0.25, -0.2) is 4.79 Å². The molecule has 2 aliphatic rings. The molecule has 27 heavy (non-hydrogen) atoms. The fraction of sp³-hybridized carbons (Fsp3) is 0.529. The molecule has 2 aliphatic heterocycles. The highest BCUT2D eigenvalue weighted by Crippen LogP contribution is 2.27. The van der Waals surface area contributed by atoms with Crippen molar-refractivity contribution in [2.45, 2.75) is 37.9 Å². The number of nitrogens with one attached hydrogen (secondary N) is 3. The molecule has 144 valence electrons. The predicted octanol–water partition coefficient (Wildman–Crippen LogP) is 0.601. The summed E-state index contributed by atoms with van der Waals surface area (Å²) in [5, 5.41) is 18.9. The standard InChI is InChI=1S/C17H22N6O3S/c1-2-18-17(25)20-10-6-12-15(24)19-8-11(23(12)9-10)7-14-21-22-16(26-14)13-4-3-5-27-13/h3-5,10-12H,2,6-9H2,1H3,(H,19,24)(H2,18,20,25)/t10-,11+,12-/m0/s1. The molecule has 2 saturated heterocycles. The van der Waals surface area contributed by atoms with Crippen molar-refractivity contribution in [3.8, 4) is 10.8 Å². The third-order valence-corrected chi connectivity index (χ3v) is 5.76. The molecule has 0 aromatic carbocycles. The lowest BCUT2D eigenvalue weighted by Crippen LogP contribution is -2.58. The third kappa shape index (κ3) is 3.81. The molecule has 3 amide bonds. The predicted molar refractivity (Wildman–Crippen MR) is 99.2 cm³/mol. The molecule has 10 heteroatoms. The second-order valence-electron chi connectivity index (χ2n) is 6.73. The van der Waals surface area contributed by atoms with Gasteiger partial charge in [-0.3, -0.25) is 9.69 Å². The monoisotopic (exact) mass is 390 g/mol. The molecule has 2 aromatic rings. The lowest BCUT2D eigenvalue weighted by Gasteiger charge is -2.36. The number of rotatable bonds is 5. The van der Waals surface area contributed by atoms with E-state index in [1.807, 2.05) is 24.4 Å². The minimum atomic E-state index is -0.240. The van der Waals surface area contributed by atoms with Crippen molar-refractivity contribution in [1.29, 1.82) is 0 Å². The molecule has 4 rings (SSSR count). The normalized spacial score (nSPS) is 25.1. The number of nitrogens with zero attached hydrogens (tertiary/aromatic N) is 3. The molecular weight excluding hydrogens is 368 g/mol.